The third-order valence-corrected chi connectivity index (χ3v) is 6.46. The first-order chi connectivity index (χ1) is 11.9. The lowest BCUT2D eigenvalue weighted by molar-refractivity contribution is 0.0157. The highest BCUT2D eigenvalue weighted by Crippen LogP contribution is 2.31. The molecule has 1 saturated heterocycles. The molecule has 1 aromatic heterocycles. The number of aryl methyl sites for hydroxylation is 2. The summed E-state index contributed by atoms with van der Waals surface area (Å²) < 4.78 is 33.8. The Morgan fingerprint density at radius 3 is 2.92 bits per heavy atom. The Labute approximate surface area is 147 Å². The quantitative estimate of drug-likeness (QED) is 0.820. The van der Waals surface area contributed by atoms with E-state index in [2.05, 4.69) is 10.4 Å². The molecule has 8 heteroatoms. The summed E-state index contributed by atoms with van der Waals surface area (Å²) in [6.45, 7) is 4.95. The SMILES string of the molecule is Cc1ccc(S(=O)(=O)C2NCCOC2c2cnn(CCO)c2)c(C)c1. The minimum atomic E-state index is -3.63. The second-order valence-corrected chi connectivity index (χ2v) is 8.28. The maximum absolute atomic E-state index is 13.2. The Morgan fingerprint density at radius 1 is 1.40 bits per heavy atom. The Morgan fingerprint density at radius 2 is 2.20 bits per heavy atom. The molecule has 0 spiro atoms. The molecule has 7 nitrogen and oxygen atoms in total. The maximum atomic E-state index is 13.2. The highest BCUT2D eigenvalue weighted by atomic mass is 32.2. The molecule has 3 rings (SSSR count). The first-order valence-corrected chi connectivity index (χ1v) is 9.77. The van der Waals surface area contributed by atoms with E-state index in [4.69, 9.17) is 9.84 Å². The fourth-order valence-corrected chi connectivity index (χ4v) is 5.07. The summed E-state index contributed by atoms with van der Waals surface area (Å²) in [6.07, 6.45) is 2.67. The van der Waals surface area contributed by atoms with Crippen molar-refractivity contribution < 1.29 is 18.3 Å². The van der Waals surface area contributed by atoms with Crippen molar-refractivity contribution in [2.75, 3.05) is 19.8 Å². The molecule has 0 amide bonds. The number of sulfone groups is 1. The second kappa shape index (κ2) is 7.25. The first-order valence-electron chi connectivity index (χ1n) is 8.23. The average Bonchev–Trinajstić information content (AvgIpc) is 3.03. The number of hydrogen-bond donors (Lipinski definition) is 2. The number of aliphatic hydroxyl groups is 1. The lowest BCUT2D eigenvalue weighted by Gasteiger charge is -2.32. The van der Waals surface area contributed by atoms with Crippen molar-refractivity contribution in [3.63, 3.8) is 0 Å². The van der Waals surface area contributed by atoms with Gasteiger partial charge in [-0.3, -0.25) is 10.00 Å². The summed E-state index contributed by atoms with van der Waals surface area (Å²) in [5.41, 5.74) is 2.42. The molecule has 1 aliphatic rings. The van der Waals surface area contributed by atoms with Crippen molar-refractivity contribution in [1.29, 1.82) is 0 Å². The topological polar surface area (TPSA) is 93.5 Å². The van der Waals surface area contributed by atoms with Crippen LogP contribution in [0.25, 0.3) is 0 Å². The number of morpholine rings is 1. The van der Waals surface area contributed by atoms with Gasteiger partial charge >= 0.3 is 0 Å². The average molecular weight is 365 g/mol. The van der Waals surface area contributed by atoms with Crippen LogP contribution in [0, 0.1) is 13.8 Å². The number of hydrogen-bond acceptors (Lipinski definition) is 6. The molecule has 136 valence electrons. The van der Waals surface area contributed by atoms with E-state index < -0.39 is 21.3 Å². The molecule has 0 bridgehead atoms. The van der Waals surface area contributed by atoms with Gasteiger partial charge in [0.25, 0.3) is 0 Å². The van der Waals surface area contributed by atoms with E-state index in [1.54, 1.807) is 36.1 Å². The third-order valence-electron chi connectivity index (χ3n) is 4.30. The van der Waals surface area contributed by atoms with E-state index in [1.165, 1.54) is 0 Å². The van der Waals surface area contributed by atoms with Crippen molar-refractivity contribution in [2.24, 2.45) is 0 Å². The smallest absolute Gasteiger partial charge is 0.197 e. The minimum absolute atomic E-state index is 0.0326. The van der Waals surface area contributed by atoms with Crippen LogP contribution in [0.3, 0.4) is 0 Å². The van der Waals surface area contributed by atoms with Gasteiger partial charge in [0, 0.05) is 18.3 Å². The number of aliphatic hydroxyl groups excluding tert-OH is 1. The van der Waals surface area contributed by atoms with E-state index in [-0.39, 0.29) is 6.61 Å². The van der Waals surface area contributed by atoms with Crippen molar-refractivity contribution in [1.82, 2.24) is 15.1 Å². The fraction of sp³-hybridized carbons (Fsp3) is 0.471. The van der Waals surface area contributed by atoms with E-state index in [1.807, 2.05) is 13.0 Å². The van der Waals surface area contributed by atoms with Gasteiger partial charge in [0.05, 0.1) is 30.9 Å². The van der Waals surface area contributed by atoms with Gasteiger partial charge in [-0.25, -0.2) is 8.42 Å². The van der Waals surface area contributed by atoms with Crippen LogP contribution >= 0.6 is 0 Å². The molecule has 25 heavy (non-hydrogen) atoms. The highest BCUT2D eigenvalue weighted by Gasteiger charge is 2.39. The van der Waals surface area contributed by atoms with Gasteiger partial charge < -0.3 is 9.84 Å². The van der Waals surface area contributed by atoms with Crippen LogP contribution in [-0.4, -0.2) is 48.4 Å². The lowest BCUT2D eigenvalue weighted by Crippen LogP contribution is -2.48. The number of nitrogens with zero attached hydrogens (tertiary/aromatic N) is 2. The number of aromatic nitrogens is 2. The van der Waals surface area contributed by atoms with Gasteiger partial charge in [0.2, 0.25) is 0 Å². The van der Waals surface area contributed by atoms with Crippen molar-refractivity contribution in [3.8, 4) is 0 Å². The van der Waals surface area contributed by atoms with Crippen LogP contribution in [0.5, 0.6) is 0 Å². The monoisotopic (exact) mass is 365 g/mol. The molecule has 1 fully saturated rings. The largest absolute Gasteiger partial charge is 0.394 e. The Balaban J connectivity index is 1.96. The molecule has 2 N–H and O–H groups in total. The van der Waals surface area contributed by atoms with E-state index in [9.17, 15) is 8.42 Å². The van der Waals surface area contributed by atoms with Crippen molar-refractivity contribution >= 4 is 9.84 Å². The Hall–Kier alpha value is -1.74. The third kappa shape index (κ3) is 3.62. The van der Waals surface area contributed by atoms with Crippen molar-refractivity contribution in [2.45, 2.75) is 36.8 Å². The van der Waals surface area contributed by atoms with Gasteiger partial charge in [0.1, 0.15) is 11.5 Å². The van der Waals surface area contributed by atoms with Gasteiger partial charge in [-0.2, -0.15) is 5.10 Å². The summed E-state index contributed by atoms with van der Waals surface area (Å²) in [4.78, 5) is 0.314. The lowest BCUT2D eigenvalue weighted by atomic mass is 10.2. The number of ether oxygens (including phenoxy) is 1. The first kappa shape index (κ1) is 18.1. The molecule has 2 atom stereocenters. The predicted octanol–water partition coefficient (Wildman–Crippen LogP) is 0.953. The van der Waals surface area contributed by atoms with Crippen LogP contribution in [0.4, 0.5) is 0 Å². The van der Waals surface area contributed by atoms with Gasteiger partial charge in [-0.1, -0.05) is 17.7 Å². The summed E-state index contributed by atoms with van der Waals surface area (Å²) in [7, 11) is -3.63. The standard InChI is InChI=1S/C17H23N3O4S/c1-12-3-4-15(13(2)9-12)25(22,23)17-16(24-8-5-18-17)14-10-19-20(11-14)6-7-21/h3-4,9-11,16-18,21H,5-8H2,1-2H3. The summed E-state index contributed by atoms with van der Waals surface area (Å²) in [5.74, 6) is 0. The molecule has 0 saturated carbocycles. The second-order valence-electron chi connectivity index (χ2n) is 6.24. The molecule has 2 heterocycles. The zero-order valence-electron chi connectivity index (χ0n) is 14.3. The molecule has 2 aromatic rings. The number of nitrogens with one attached hydrogen (secondary N) is 1. The van der Waals surface area contributed by atoms with Crippen LogP contribution in [-0.2, 0) is 21.1 Å². The summed E-state index contributed by atoms with van der Waals surface area (Å²) in [5, 5.41) is 15.4. The zero-order chi connectivity index (χ0) is 18.0. The van der Waals surface area contributed by atoms with Gasteiger partial charge in [0.15, 0.2) is 9.84 Å². The molecule has 1 aliphatic heterocycles. The number of benzene rings is 1. The van der Waals surface area contributed by atoms with Gasteiger partial charge in [-0.15, -0.1) is 0 Å². The molecular weight excluding hydrogens is 342 g/mol. The zero-order valence-corrected chi connectivity index (χ0v) is 15.2. The molecule has 1 aromatic carbocycles. The van der Waals surface area contributed by atoms with Gasteiger partial charge in [-0.05, 0) is 25.5 Å². The van der Waals surface area contributed by atoms with E-state index >= 15 is 0 Å². The van der Waals surface area contributed by atoms with Crippen LogP contribution in [0.15, 0.2) is 35.5 Å². The highest BCUT2D eigenvalue weighted by molar-refractivity contribution is 7.92. The molecule has 2 unspecified atom stereocenters. The maximum Gasteiger partial charge on any atom is 0.197 e. The normalized spacial score (nSPS) is 21.4. The van der Waals surface area contributed by atoms with Crippen molar-refractivity contribution in [3.05, 3.63) is 47.3 Å². The predicted molar refractivity (Wildman–Crippen MR) is 92.9 cm³/mol. The molecular formula is C17H23N3O4S. The number of rotatable bonds is 5. The van der Waals surface area contributed by atoms with E-state index in [0.717, 1.165) is 11.1 Å². The van der Waals surface area contributed by atoms with Crippen LogP contribution in [0.1, 0.15) is 22.8 Å². The minimum Gasteiger partial charge on any atom is -0.394 e. The van der Waals surface area contributed by atoms with Crippen LogP contribution in [0.2, 0.25) is 0 Å². The molecule has 0 aliphatic carbocycles. The summed E-state index contributed by atoms with van der Waals surface area (Å²) >= 11 is 0. The van der Waals surface area contributed by atoms with Crippen LogP contribution < -0.4 is 5.32 Å². The summed E-state index contributed by atoms with van der Waals surface area (Å²) in [6, 6.07) is 5.32. The van der Waals surface area contributed by atoms with E-state index in [0.29, 0.717) is 30.2 Å². The molecule has 0 radical (unpaired) electrons. The fourth-order valence-electron chi connectivity index (χ4n) is 3.13. The Kier molecular flexibility index (Phi) is 5.24. The Bertz CT molecular complexity index is 847.